The fourth-order valence-electron chi connectivity index (χ4n) is 2.00. The first-order valence-electron chi connectivity index (χ1n) is 6.60. The van der Waals surface area contributed by atoms with Crippen LogP contribution in [0.15, 0.2) is 12.1 Å². The minimum atomic E-state index is 0.0251. The average molecular weight is 252 g/mol. The van der Waals surface area contributed by atoms with E-state index in [9.17, 15) is 5.11 Å². The van der Waals surface area contributed by atoms with E-state index in [0.717, 1.165) is 29.9 Å². The molecular formula is C14H24N2O2. The van der Waals surface area contributed by atoms with Crippen LogP contribution in [0.2, 0.25) is 0 Å². The van der Waals surface area contributed by atoms with Crippen molar-refractivity contribution >= 4 is 5.82 Å². The molecule has 0 saturated heterocycles. The summed E-state index contributed by atoms with van der Waals surface area (Å²) in [6.45, 7) is 6.94. The number of rotatable bonds is 7. The predicted molar refractivity (Wildman–Crippen MR) is 73.7 cm³/mol. The fraction of sp³-hybridized carbons (Fsp3) is 0.643. The third kappa shape index (κ3) is 3.96. The minimum absolute atomic E-state index is 0.0251. The second kappa shape index (κ2) is 7.34. The van der Waals surface area contributed by atoms with Crippen molar-refractivity contribution < 1.29 is 10.2 Å². The van der Waals surface area contributed by atoms with Crippen molar-refractivity contribution in [2.45, 2.75) is 46.3 Å². The van der Waals surface area contributed by atoms with Gasteiger partial charge in [-0.25, -0.2) is 4.98 Å². The normalized spacial score (nSPS) is 11.0. The Morgan fingerprint density at radius 3 is 2.50 bits per heavy atom. The molecule has 1 rings (SSSR count). The number of anilines is 1. The molecule has 0 atom stereocenters. The van der Waals surface area contributed by atoms with Gasteiger partial charge in [0.1, 0.15) is 5.82 Å². The Balaban J connectivity index is 3.07. The van der Waals surface area contributed by atoms with Crippen LogP contribution in [0.5, 0.6) is 0 Å². The largest absolute Gasteiger partial charge is 0.395 e. The summed E-state index contributed by atoms with van der Waals surface area (Å²) in [4.78, 5) is 6.67. The van der Waals surface area contributed by atoms with Crippen molar-refractivity contribution in [3.8, 4) is 0 Å². The molecule has 0 fully saturated rings. The van der Waals surface area contributed by atoms with Crippen molar-refractivity contribution in [2.24, 2.45) is 0 Å². The Morgan fingerprint density at radius 1 is 1.28 bits per heavy atom. The zero-order valence-electron chi connectivity index (χ0n) is 11.6. The van der Waals surface area contributed by atoms with Crippen molar-refractivity contribution in [1.82, 2.24) is 4.98 Å². The number of nitrogens with zero attached hydrogens (tertiary/aromatic N) is 2. The van der Waals surface area contributed by atoms with Crippen LogP contribution < -0.4 is 4.90 Å². The van der Waals surface area contributed by atoms with E-state index in [1.807, 2.05) is 12.1 Å². The van der Waals surface area contributed by atoms with Gasteiger partial charge in [-0.3, -0.25) is 0 Å². The molecule has 0 unspecified atom stereocenters. The summed E-state index contributed by atoms with van der Waals surface area (Å²) in [5, 5.41) is 18.4. The molecule has 0 aliphatic carbocycles. The zero-order valence-corrected chi connectivity index (χ0v) is 11.6. The van der Waals surface area contributed by atoms with Crippen molar-refractivity contribution in [1.29, 1.82) is 0 Å². The van der Waals surface area contributed by atoms with Crippen molar-refractivity contribution in [2.75, 3.05) is 18.1 Å². The highest BCUT2D eigenvalue weighted by molar-refractivity contribution is 5.43. The quantitative estimate of drug-likeness (QED) is 0.776. The van der Waals surface area contributed by atoms with Crippen LogP contribution in [0.25, 0.3) is 0 Å². The number of pyridine rings is 1. The van der Waals surface area contributed by atoms with E-state index in [1.165, 1.54) is 0 Å². The Hall–Kier alpha value is -1.13. The van der Waals surface area contributed by atoms with Gasteiger partial charge in [-0.05, 0) is 38.0 Å². The van der Waals surface area contributed by atoms with Crippen LogP contribution in [0.1, 0.15) is 38.4 Å². The number of aliphatic hydroxyl groups excluding tert-OH is 2. The van der Waals surface area contributed by atoms with Gasteiger partial charge in [0.2, 0.25) is 0 Å². The summed E-state index contributed by atoms with van der Waals surface area (Å²) >= 11 is 0. The molecule has 18 heavy (non-hydrogen) atoms. The van der Waals surface area contributed by atoms with Crippen LogP contribution in [-0.2, 0) is 13.0 Å². The number of hydrogen-bond donors (Lipinski definition) is 2. The molecule has 0 spiro atoms. The summed E-state index contributed by atoms with van der Waals surface area (Å²) in [6, 6.07) is 4.12. The highest BCUT2D eigenvalue weighted by Crippen LogP contribution is 2.18. The van der Waals surface area contributed by atoms with E-state index in [2.05, 4.69) is 30.7 Å². The average Bonchev–Trinajstić information content (AvgIpc) is 2.35. The molecule has 4 nitrogen and oxygen atoms in total. The van der Waals surface area contributed by atoms with Gasteiger partial charge in [-0.15, -0.1) is 0 Å². The Morgan fingerprint density at radius 2 is 2.00 bits per heavy atom. The topological polar surface area (TPSA) is 56.6 Å². The van der Waals surface area contributed by atoms with Gasteiger partial charge in [0.25, 0.3) is 0 Å². The lowest BCUT2D eigenvalue weighted by Crippen LogP contribution is -2.34. The zero-order chi connectivity index (χ0) is 13.5. The molecule has 0 aliphatic rings. The van der Waals surface area contributed by atoms with Crippen LogP contribution >= 0.6 is 0 Å². The number of aliphatic hydroxyl groups is 2. The summed E-state index contributed by atoms with van der Waals surface area (Å²) in [5.74, 6) is 0.842. The molecule has 2 N–H and O–H groups in total. The van der Waals surface area contributed by atoms with Gasteiger partial charge in [0.05, 0.1) is 13.2 Å². The van der Waals surface area contributed by atoms with E-state index >= 15 is 0 Å². The molecule has 102 valence electrons. The number of hydrogen-bond acceptors (Lipinski definition) is 4. The first kappa shape index (κ1) is 14.9. The van der Waals surface area contributed by atoms with Gasteiger partial charge >= 0.3 is 0 Å². The Labute approximate surface area is 109 Å². The molecule has 0 amide bonds. The third-order valence-corrected chi connectivity index (χ3v) is 2.87. The number of aromatic nitrogens is 1. The van der Waals surface area contributed by atoms with Crippen LogP contribution in [0.4, 0.5) is 5.82 Å². The summed E-state index contributed by atoms with van der Waals surface area (Å²) in [6.07, 6.45) is 1.94. The molecule has 0 saturated carbocycles. The van der Waals surface area contributed by atoms with Crippen molar-refractivity contribution in [3.05, 3.63) is 23.4 Å². The lowest BCUT2D eigenvalue weighted by molar-refractivity contribution is 0.281. The minimum Gasteiger partial charge on any atom is -0.395 e. The first-order valence-corrected chi connectivity index (χ1v) is 6.60. The summed E-state index contributed by atoms with van der Waals surface area (Å²) < 4.78 is 0. The molecule has 1 aromatic heterocycles. The SMILES string of the molecule is CCCc1cc(CO)cc(N(CCO)C(C)C)n1. The van der Waals surface area contributed by atoms with E-state index in [1.54, 1.807) is 0 Å². The lowest BCUT2D eigenvalue weighted by Gasteiger charge is -2.28. The van der Waals surface area contributed by atoms with Crippen LogP contribution in [-0.4, -0.2) is 34.4 Å². The molecule has 1 aromatic rings. The highest BCUT2D eigenvalue weighted by atomic mass is 16.3. The maximum absolute atomic E-state index is 9.31. The molecule has 0 aromatic carbocycles. The molecular weight excluding hydrogens is 228 g/mol. The maximum Gasteiger partial charge on any atom is 0.129 e. The van der Waals surface area contributed by atoms with E-state index in [0.29, 0.717) is 6.54 Å². The fourth-order valence-corrected chi connectivity index (χ4v) is 2.00. The van der Waals surface area contributed by atoms with Gasteiger partial charge in [-0.2, -0.15) is 0 Å². The van der Waals surface area contributed by atoms with Gasteiger partial charge in [-0.1, -0.05) is 13.3 Å². The smallest absolute Gasteiger partial charge is 0.129 e. The second-order valence-electron chi connectivity index (χ2n) is 4.74. The van der Waals surface area contributed by atoms with E-state index in [-0.39, 0.29) is 19.3 Å². The maximum atomic E-state index is 9.31. The lowest BCUT2D eigenvalue weighted by atomic mass is 10.1. The molecule has 4 heteroatoms. The number of aryl methyl sites for hydroxylation is 1. The standard InChI is InChI=1S/C14H24N2O2/c1-4-5-13-8-12(10-18)9-14(15-13)16(6-7-17)11(2)3/h8-9,11,17-18H,4-7,10H2,1-3H3. The van der Waals surface area contributed by atoms with Crippen LogP contribution in [0, 0.1) is 0 Å². The van der Waals surface area contributed by atoms with E-state index in [4.69, 9.17) is 5.11 Å². The van der Waals surface area contributed by atoms with E-state index < -0.39 is 0 Å². The second-order valence-corrected chi connectivity index (χ2v) is 4.74. The summed E-state index contributed by atoms with van der Waals surface area (Å²) in [5.41, 5.74) is 1.88. The monoisotopic (exact) mass is 252 g/mol. The van der Waals surface area contributed by atoms with Gasteiger partial charge < -0.3 is 15.1 Å². The molecule has 0 bridgehead atoms. The van der Waals surface area contributed by atoms with Gasteiger partial charge in [0.15, 0.2) is 0 Å². The van der Waals surface area contributed by atoms with Crippen molar-refractivity contribution in [3.63, 3.8) is 0 Å². The molecule has 0 radical (unpaired) electrons. The van der Waals surface area contributed by atoms with Gasteiger partial charge in [0, 0.05) is 18.3 Å². The van der Waals surface area contributed by atoms with Crippen LogP contribution in [0.3, 0.4) is 0 Å². The highest BCUT2D eigenvalue weighted by Gasteiger charge is 2.13. The Kier molecular flexibility index (Phi) is 6.09. The third-order valence-electron chi connectivity index (χ3n) is 2.87. The predicted octanol–water partition coefficient (Wildman–Crippen LogP) is 1.73. The first-order chi connectivity index (χ1) is 8.62. The molecule has 1 heterocycles. The molecule has 0 aliphatic heterocycles. The summed E-state index contributed by atoms with van der Waals surface area (Å²) in [7, 11) is 0. The Bertz CT molecular complexity index is 367.